The minimum Gasteiger partial charge on any atom is -0.462 e. The summed E-state index contributed by atoms with van der Waals surface area (Å²) in [6.45, 7) is 7.99. The van der Waals surface area contributed by atoms with E-state index in [1.807, 2.05) is 43.1 Å². The van der Waals surface area contributed by atoms with E-state index in [-0.39, 0.29) is 11.8 Å². The Hall–Kier alpha value is -2.11. The van der Waals surface area contributed by atoms with Gasteiger partial charge in [0.1, 0.15) is 0 Å². The van der Waals surface area contributed by atoms with Gasteiger partial charge in [-0.05, 0) is 51.9 Å². The molecule has 2 aromatic rings. The average Bonchev–Trinajstić information content (AvgIpc) is 2.90. The molecule has 1 N–H and O–H groups in total. The number of esters is 1. The number of H-pyrrole nitrogens is 1. The lowest BCUT2D eigenvalue weighted by Crippen LogP contribution is -2.36. The van der Waals surface area contributed by atoms with Gasteiger partial charge in [0.25, 0.3) is 0 Å². The third-order valence-electron chi connectivity index (χ3n) is 4.58. The monoisotopic (exact) mass is 376 g/mol. The zero-order valence-corrected chi connectivity index (χ0v) is 16.6. The third-order valence-corrected chi connectivity index (χ3v) is 4.95. The van der Waals surface area contributed by atoms with E-state index in [4.69, 9.17) is 16.3 Å². The lowest BCUT2D eigenvalue weighted by atomic mass is 10.0. The van der Waals surface area contributed by atoms with Gasteiger partial charge < -0.3 is 9.72 Å². The van der Waals surface area contributed by atoms with Gasteiger partial charge in [0.05, 0.1) is 23.9 Å². The van der Waals surface area contributed by atoms with Crippen molar-refractivity contribution in [1.82, 2.24) is 9.88 Å². The highest BCUT2D eigenvalue weighted by molar-refractivity contribution is 6.31. The molecule has 2 rings (SSSR count). The highest BCUT2D eigenvalue weighted by Gasteiger charge is 2.27. The number of aryl methyl sites for hydroxylation is 1. The average molecular weight is 377 g/mol. The SMILES string of the molecule is CCOC(=O)c1c(C)[nH]c(C(=O)[C@@H](C)N(C)Cc2ccccc2Cl)c1C. The molecule has 140 valence electrons. The van der Waals surface area contributed by atoms with Gasteiger partial charge >= 0.3 is 5.97 Å². The molecule has 26 heavy (non-hydrogen) atoms. The number of Topliss-reactive ketones (excluding diaryl/α,β-unsaturated/α-hetero) is 1. The van der Waals surface area contributed by atoms with Crippen LogP contribution in [0.2, 0.25) is 5.02 Å². The Morgan fingerprint density at radius 3 is 2.54 bits per heavy atom. The normalized spacial score (nSPS) is 12.3. The van der Waals surface area contributed by atoms with Gasteiger partial charge in [0.15, 0.2) is 5.78 Å². The van der Waals surface area contributed by atoms with Gasteiger partial charge in [-0.2, -0.15) is 0 Å². The fourth-order valence-electron chi connectivity index (χ4n) is 2.95. The predicted molar refractivity (Wildman–Crippen MR) is 103 cm³/mol. The van der Waals surface area contributed by atoms with E-state index in [1.54, 1.807) is 20.8 Å². The van der Waals surface area contributed by atoms with Crippen molar-refractivity contribution in [2.45, 2.75) is 40.3 Å². The summed E-state index contributed by atoms with van der Waals surface area (Å²) in [6, 6.07) is 7.20. The second-order valence-electron chi connectivity index (χ2n) is 6.39. The van der Waals surface area contributed by atoms with E-state index < -0.39 is 5.97 Å². The van der Waals surface area contributed by atoms with Gasteiger partial charge in [0, 0.05) is 17.3 Å². The van der Waals surface area contributed by atoms with Crippen molar-refractivity contribution in [3.05, 3.63) is 57.4 Å². The Kier molecular flexibility index (Phi) is 6.62. The number of carbonyl (C=O) groups excluding carboxylic acids is 2. The summed E-state index contributed by atoms with van der Waals surface area (Å²) in [6.07, 6.45) is 0. The summed E-state index contributed by atoms with van der Waals surface area (Å²) in [7, 11) is 1.88. The first-order chi connectivity index (χ1) is 12.3. The van der Waals surface area contributed by atoms with Crippen molar-refractivity contribution >= 4 is 23.4 Å². The molecule has 0 unspecified atom stereocenters. The molecule has 0 spiro atoms. The van der Waals surface area contributed by atoms with Gasteiger partial charge in [-0.15, -0.1) is 0 Å². The zero-order valence-electron chi connectivity index (χ0n) is 15.9. The summed E-state index contributed by atoms with van der Waals surface area (Å²) < 4.78 is 5.09. The molecule has 0 aliphatic carbocycles. The van der Waals surface area contributed by atoms with Crippen LogP contribution >= 0.6 is 11.6 Å². The highest BCUT2D eigenvalue weighted by Crippen LogP contribution is 2.23. The van der Waals surface area contributed by atoms with E-state index in [1.165, 1.54) is 0 Å². The molecule has 0 aliphatic rings. The summed E-state index contributed by atoms with van der Waals surface area (Å²) in [4.78, 5) is 30.1. The number of likely N-dealkylation sites (N-methyl/N-ethyl adjacent to an activating group) is 1. The number of aromatic amines is 1. The van der Waals surface area contributed by atoms with E-state index >= 15 is 0 Å². The van der Waals surface area contributed by atoms with E-state index in [9.17, 15) is 9.59 Å². The number of aromatic nitrogens is 1. The first-order valence-corrected chi connectivity index (χ1v) is 8.99. The first-order valence-electron chi connectivity index (χ1n) is 8.62. The van der Waals surface area contributed by atoms with Crippen molar-refractivity contribution in [1.29, 1.82) is 0 Å². The summed E-state index contributed by atoms with van der Waals surface area (Å²) >= 11 is 6.21. The van der Waals surface area contributed by atoms with Crippen LogP contribution in [0.1, 0.15) is 51.5 Å². The minimum absolute atomic E-state index is 0.0734. The topological polar surface area (TPSA) is 62.4 Å². The second kappa shape index (κ2) is 8.52. The van der Waals surface area contributed by atoms with Gasteiger partial charge in [-0.1, -0.05) is 29.8 Å². The largest absolute Gasteiger partial charge is 0.462 e. The Morgan fingerprint density at radius 2 is 1.92 bits per heavy atom. The molecule has 1 heterocycles. The molecular weight excluding hydrogens is 352 g/mol. The third kappa shape index (κ3) is 4.17. The molecule has 0 saturated heterocycles. The van der Waals surface area contributed by atoms with Crippen LogP contribution in [0.25, 0.3) is 0 Å². The summed E-state index contributed by atoms with van der Waals surface area (Å²) in [5, 5.41) is 0.676. The van der Waals surface area contributed by atoms with Gasteiger partial charge in [-0.25, -0.2) is 4.79 Å². The molecule has 5 nitrogen and oxygen atoms in total. The smallest absolute Gasteiger partial charge is 0.340 e. The van der Waals surface area contributed by atoms with Crippen LogP contribution in [0.15, 0.2) is 24.3 Å². The number of nitrogens with one attached hydrogen (secondary N) is 1. The van der Waals surface area contributed by atoms with Crippen molar-refractivity contribution in [2.24, 2.45) is 0 Å². The van der Waals surface area contributed by atoms with Crippen LogP contribution < -0.4 is 0 Å². The maximum atomic E-state index is 13.0. The molecular formula is C20H25ClN2O3. The van der Waals surface area contributed by atoms with Crippen molar-refractivity contribution in [3.63, 3.8) is 0 Å². The molecule has 0 aliphatic heterocycles. The Morgan fingerprint density at radius 1 is 1.27 bits per heavy atom. The number of carbonyl (C=O) groups is 2. The fraction of sp³-hybridized carbons (Fsp3) is 0.400. The fourth-order valence-corrected chi connectivity index (χ4v) is 3.14. The van der Waals surface area contributed by atoms with Crippen LogP contribution in [0.5, 0.6) is 0 Å². The van der Waals surface area contributed by atoms with Crippen LogP contribution in [0, 0.1) is 13.8 Å². The quantitative estimate of drug-likeness (QED) is 0.582. The summed E-state index contributed by atoms with van der Waals surface area (Å²) in [5.74, 6) is -0.481. The maximum absolute atomic E-state index is 13.0. The molecule has 0 fully saturated rings. The standard InChI is InChI=1S/C20H25ClN2O3/c1-6-26-20(25)17-12(2)18(22-13(17)3)19(24)14(4)23(5)11-15-9-7-8-10-16(15)21/h7-10,14,22H,6,11H2,1-5H3/t14-/m1/s1. The molecule has 1 atom stereocenters. The number of ether oxygens (including phenoxy) is 1. The molecule has 1 aromatic carbocycles. The Labute approximate surface area is 159 Å². The first kappa shape index (κ1) is 20.2. The van der Waals surface area contributed by atoms with E-state index in [0.717, 1.165) is 5.56 Å². The minimum atomic E-state index is -0.408. The molecule has 0 saturated carbocycles. The molecule has 0 amide bonds. The Bertz CT molecular complexity index is 813. The lowest BCUT2D eigenvalue weighted by Gasteiger charge is -2.24. The van der Waals surface area contributed by atoms with Crippen molar-refractivity contribution in [3.8, 4) is 0 Å². The van der Waals surface area contributed by atoms with Gasteiger partial charge in [-0.3, -0.25) is 9.69 Å². The summed E-state index contributed by atoms with van der Waals surface area (Å²) in [5.41, 5.74) is 3.12. The molecule has 0 radical (unpaired) electrons. The lowest BCUT2D eigenvalue weighted by molar-refractivity contribution is 0.0525. The van der Waals surface area contributed by atoms with E-state index in [0.29, 0.717) is 40.7 Å². The van der Waals surface area contributed by atoms with Crippen LogP contribution in [0.4, 0.5) is 0 Å². The molecule has 1 aromatic heterocycles. The zero-order chi connectivity index (χ0) is 19.4. The van der Waals surface area contributed by atoms with Crippen molar-refractivity contribution in [2.75, 3.05) is 13.7 Å². The Balaban J connectivity index is 2.21. The molecule has 6 heteroatoms. The number of nitrogens with zero attached hydrogens (tertiary/aromatic N) is 1. The number of ketones is 1. The number of rotatable bonds is 7. The number of hydrogen-bond donors (Lipinski definition) is 1. The number of benzene rings is 1. The maximum Gasteiger partial charge on any atom is 0.340 e. The highest BCUT2D eigenvalue weighted by atomic mass is 35.5. The second-order valence-corrected chi connectivity index (χ2v) is 6.80. The van der Waals surface area contributed by atoms with Crippen molar-refractivity contribution < 1.29 is 14.3 Å². The predicted octanol–water partition coefficient (Wildman–Crippen LogP) is 4.16. The van der Waals surface area contributed by atoms with Crippen LogP contribution in [-0.2, 0) is 11.3 Å². The number of halogens is 1. The van der Waals surface area contributed by atoms with Crippen LogP contribution in [0.3, 0.4) is 0 Å². The molecule has 0 bridgehead atoms. The number of hydrogen-bond acceptors (Lipinski definition) is 4. The van der Waals surface area contributed by atoms with E-state index in [2.05, 4.69) is 4.98 Å². The van der Waals surface area contributed by atoms with Gasteiger partial charge in [0.2, 0.25) is 0 Å². The van der Waals surface area contributed by atoms with Crippen LogP contribution in [-0.4, -0.2) is 41.3 Å².